The van der Waals surface area contributed by atoms with Crippen LogP contribution < -0.4 is 0 Å². The van der Waals surface area contributed by atoms with Crippen LogP contribution in [0.5, 0.6) is 0 Å². The maximum atomic E-state index is 8.83. The number of hydrogen-bond acceptors (Lipinski definition) is 3. The summed E-state index contributed by atoms with van der Waals surface area (Å²) in [7, 11) is 0. The first-order valence-corrected chi connectivity index (χ1v) is 4.19. The van der Waals surface area contributed by atoms with Gasteiger partial charge in [0.1, 0.15) is 6.07 Å². The van der Waals surface area contributed by atoms with Crippen LogP contribution in [0.2, 0.25) is 0 Å². The highest BCUT2D eigenvalue weighted by Gasteiger charge is 2.04. The lowest BCUT2D eigenvalue weighted by Gasteiger charge is -2.00. The molecule has 1 heterocycles. The van der Waals surface area contributed by atoms with Gasteiger partial charge in [-0.3, -0.25) is 0 Å². The van der Waals surface area contributed by atoms with Crippen LogP contribution in [0, 0.1) is 11.3 Å². The van der Waals surface area contributed by atoms with Crippen molar-refractivity contribution in [3.8, 4) is 17.2 Å². The second-order valence-electron chi connectivity index (χ2n) is 2.77. The molecule has 3 nitrogen and oxygen atoms in total. The zero-order valence-electron chi connectivity index (χ0n) is 7.38. The van der Waals surface area contributed by atoms with E-state index in [1.165, 1.54) is 0 Å². The fourth-order valence-corrected chi connectivity index (χ4v) is 1.26. The van der Waals surface area contributed by atoms with E-state index >= 15 is 0 Å². The normalized spacial score (nSPS) is 9.36. The van der Waals surface area contributed by atoms with Gasteiger partial charge < -0.3 is 0 Å². The zero-order valence-corrected chi connectivity index (χ0v) is 7.38. The first-order valence-electron chi connectivity index (χ1n) is 4.19. The lowest BCUT2D eigenvalue weighted by Crippen LogP contribution is -1.90. The molecule has 0 saturated heterocycles. The van der Waals surface area contributed by atoms with E-state index in [1.54, 1.807) is 12.3 Å². The van der Waals surface area contributed by atoms with Crippen LogP contribution >= 0.6 is 0 Å². The second kappa shape index (κ2) is 3.67. The van der Waals surface area contributed by atoms with E-state index in [2.05, 4.69) is 10.2 Å². The van der Waals surface area contributed by atoms with Gasteiger partial charge >= 0.3 is 0 Å². The van der Waals surface area contributed by atoms with E-state index in [0.717, 1.165) is 11.1 Å². The number of aromatic nitrogens is 2. The number of nitriles is 1. The Balaban J connectivity index is 2.58. The Bertz CT molecular complexity index is 471. The molecule has 0 saturated carbocycles. The third-order valence-electron chi connectivity index (χ3n) is 1.91. The summed E-state index contributed by atoms with van der Waals surface area (Å²) in [6, 6.07) is 13.5. The average molecular weight is 181 g/mol. The first kappa shape index (κ1) is 8.39. The molecule has 0 aliphatic heterocycles. The van der Waals surface area contributed by atoms with Crippen molar-refractivity contribution in [3.05, 3.63) is 48.3 Å². The fourth-order valence-electron chi connectivity index (χ4n) is 1.26. The Kier molecular flexibility index (Phi) is 2.20. The van der Waals surface area contributed by atoms with Crippen LogP contribution in [-0.4, -0.2) is 10.2 Å². The summed E-state index contributed by atoms with van der Waals surface area (Å²) in [5.41, 5.74) is 2.17. The third kappa shape index (κ3) is 1.46. The molecule has 3 heteroatoms. The molecule has 0 fully saturated rings. The highest BCUT2D eigenvalue weighted by atomic mass is 15.1. The highest BCUT2D eigenvalue weighted by molar-refractivity contribution is 5.67. The summed E-state index contributed by atoms with van der Waals surface area (Å²) in [4.78, 5) is 0. The molecule has 2 aromatic rings. The van der Waals surface area contributed by atoms with Crippen molar-refractivity contribution in [2.24, 2.45) is 0 Å². The van der Waals surface area contributed by atoms with E-state index in [-0.39, 0.29) is 0 Å². The van der Waals surface area contributed by atoms with E-state index in [4.69, 9.17) is 5.26 Å². The Morgan fingerprint density at radius 1 is 1.07 bits per heavy atom. The minimum absolute atomic E-state index is 0.360. The summed E-state index contributed by atoms with van der Waals surface area (Å²) in [6.07, 6.45) is 1.59. The van der Waals surface area contributed by atoms with E-state index < -0.39 is 0 Å². The van der Waals surface area contributed by atoms with Crippen LogP contribution in [0.15, 0.2) is 42.6 Å². The van der Waals surface area contributed by atoms with Gasteiger partial charge in [0.25, 0.3) is 0 Å². The predicted molar refractivity (Wildman–Crippen MR) is 52.2 cm³/mol. The number of hydrogen-bond donors (Lipinski definition) is 0. The second-order valence-corrected chi connectivity index (χ2v) is 2.77. The minimum atomic E-state index is 0.360. The van der Waals surface area contributed by atoms with Crippen molar-refractivity contribution in [2.45, 2.75) is 0 Å². The van der Waals surface area contributed by atoms with Crippen molar-refractivity contribution in [3.63, 3.8) is 0 Å². The van der Waals surface area contributed by atoms with Crippen molar-refractivity contribution < 1.29 is 0 Å². The van der Waals surface area contributed by atoms with Gasteiger partial charge in [-0.15, -0.1) is 5.10 Å². The van der Waals surface area contributed by atoms with E-state index in [9.17, 15) is 0 Å². The predicted octanol–water partition coefficient (Wildman–Crippen LogP) is 2.02. The van der Waals surface area contributed by atoms with Crippen LogP contribution in [0.4, 0.5) is 0 Å². The molecule has 1 aromatic carbocycles. The third-order valence-corrected chi connectivity index (χ3v) is 1.91. The Morgan fingerprint density at radius 3 is 2.57 bits per heavy atom. The van der Waals surface area contributed by atoms with E-state index in [0.29, 0.717) is 5.69 Å². The molecule has 0 aliphatic carbocycles. The van der Waals surface area contributed by atoms with Crippen LogP contribution in [0.25, 0.3) is 11.1 Å². The zero-order chi connectivity index (χ0) is 9.80. The summed E-state index contributed by atoms with van der Waals surface area (Å²) in [6.45, 7) is 0. The minimum Gasteiger partial charge on any atom is -0.191 e. The van der Waals surface area contributed by atoms with Crippen LogP contribution in [-0.2, 0) is 0 Å². The average Bonchev–Trinajstić information content (AvgIpc) is 2.30. The lowest BCUT2D eigenvalue weighted by atomic mass is 10.1. The number of rotatable bonds is 1. The lowest BCUT2D eigenvalue weighted by molar-refractivity contribution is 1.01. The molecule has 0 spiro atoms. The maximum absolute atomic E-state index is 8.83. The van der Waals surface area contributed by atoms with Crippen molar-refractivity contribution in [1.82, 2.24) is 10.2 Å². The molecule has 66 valence electrons. The number of nitrogens with zero attached hydrogens (tertiary/aromatic N) is 3. The molecule has 14 heavy (non-hydrogen) atoms. The maximum Gasteiger partial charge on any atom is 0.170 e. The molecule has 1 aromatic heterocycles. The summed E-state index contributed by atoms with van der Waals surface area (Å²) >= 11 is 0. The first-order chi connectivity index (χ1) is 6.92. The highest BCUT2D eigenvalue weighted by Crippen LogP contribution is 2.19. The Hall–Kier alpha value is -2.21. The van der Waals surface area contributed by atoms with Crippen molar-refractivity contribution in [1.29, 1.82) is 5.26 Å². The van der Waals surface area contributed by atoms with Gasteiger partial charge in [0, 0.05) is 5.56 Å². The standard InChI is InChI=1S/C11H7N3/c12-8-11-10(6-7-13-14-11)9-4-2-1-3-5-9/h1-7H. The van der Waals surface area contributed by atoms with Gasteiger partial charge in [0.15, 0.2) is 5.69 Å². The topological polar surface area (TPSA) is 49.6 Å². The van der Waals surface area contributed by atoms with Crippen LogP contribution in [0.1, 0.15) is 5.69 Å². The van der Waals surface area contributed by atoms with Gasteiger partial charge in [-0.2, -0.15) is 10.4 Å². The molecule has 0 N–H and O–H groups in total. The SMILES string of the molecule is N#Cc1nnccc1-c1ccccc1. The van der Waals surface area contributed by atoms with Gasteiger partial charge in [-0.25, -0.2) is 0 Å². The molecule has 0 amide bonds. The largest absolute Gasteiger partial charge is 0.191 e. The summed E-state index contributed by atoms with van der Waals surface area (Å²) in [5.74, 6) is 0. The summed E-state index contributed by atoms with van der Waals surface area (Å²) in [5, 5.41) is 16.3. The van der Waals surface area contributed by atoms with Gasteiger partial charge in [0.05, 0.1) is 6.20 Å². The summed E-state index contributed by atoms with van der Waals surface area (Å²) < 4.78 is 0. The molecular formula is C11H7N3. The fraction of sp³-hybridized carbons (Fsp3) is 0. The molecule has 0 atom stereocenters. The molecule has 0 unspecified atom stereocenters. The molecule has 0 radical (unpaired) electrons. The number of benzene rings is 1. The molecular weight excluding hydrogens is 174 g/mol. The van der Waals surface area contributed by atoms with Crippen molar-refractivity contribution in [2.75, 3.05) is 0 Å². The molecule has 2 rings (SSSR count). The molecule has 0 aliphatic rings. The Labute approximate surface area is 81.7 Å². The van der Waals surface area contributed by atoms with Gasteiger partial charge in [-0.05, 0) is 11.6 Å². The molecule has 0 bridgehead atoms. The monoisotopic (exact) mass is 181 g/mol. The van der Waals surface area contributed by atoms with Gasteiger partial charge in [0.2, 0.25) is 0 Å². The quantitative estimate of drug-likeness (QED) is 0.676. The van der Waals surface area contributed by atoms with E-state index in [1.807, 2.05) is 36.4 Å². The Morgan fingerprint density at radius 2 is 1.86 bits per heavy atom. The smallest absolute Gasteiger partial charge is 0.170 e. The van der Waals surface area contributed by atoms with Crippen LogP contribution in [0.3, 0.4) is 0 Å². The van der Waals surface area contributed by atoms with Crippen molar-refractivity contribution >= 4 is 0 Å². The van der Waals surface area contributed by atoms with Gasteiger partial charge in [-0.1, -0.05) is 30.3 Å².